The fourth-order valence-electron chi connectivity index (χ4n) is 2.73. The largest absolute Gasteiger partial charge is 0.369 e. The first-order valence-electron chi connectivity index (χ1n) is 7.52. The number of hydrogen-bond acceptors (Lipinski definition) is 4. The number of nitrogens with zero attached hydrogens (tertiary/aromatic N) is 2. The van der Waals surface area contributed by atoms with Crippen LogP contribution in [0.3, 0.4) is 0 Å². The number of nitrogens with two attached hydrogens (primary N) is 1. The van der Waals surface area contributed by atoms with E-state index in [0.717, 1.165) is 24.6 Å². The van der Waals surface area contributed by atoms with Crippen LogP contribution in [0.2, 0.25) is 0 Å². The summed E-state index contributed by atoms with van der Waals surface area (Å²) < 4.78 is 0. The Balaban J connectivity index is 1.51. The van der Waals surface area contributed by atoms with Gasteiger partial charge in [-0.05, 0) is 36.3 Å². The van der Waals surface area contributed by atoms with Crippen LogP contribution in [-0.4, -0.2) is 19.9 Å². The summed E-state index contributed by atoms with van der Waals surface area (Å²) in [6, 6.07) is 8.80. The minimum Gasteiger partial charge on any atom is -0.369 e. The fraction of sp³-hybridized carbons (Fsp3) is 0.312. The van der Waals surface area contributed by atoms with Gasteiger partial charge in [-0.3, -0.25) is 9.78 Å². The topological polar surface area (TPSA) is 100 Å². The minimum atomic E-state index is -0.282. The first-order valence-corrected chi connectivity index (χ1v) is 7.52. The van der Waals surface area contributed by atoms with Crippen LogP contribution in [0, 0.1) is 0 Å². The molecule has 1 saturated carbocycles. The number of nitrogens with one attached hydrogen (secondary N) is 2. The van der Waals surface area contributed by atoms with Gasteiger partial charge in [0.25, 0.3) is 5.56 Å². The molecule has 0 spiro atoms. The molecule has 0 bridgehead atoms. The number of H-pyrrole nitrogens is 2. The van der Waals surface area contributed by atoms with E-state index >= 15 is 0 Å². The first kappa shape index (κ1) is 13.1. The van der Waals surface area contributed by atoms with Crippen LogP contribution in [0.4, 0.5) is 5.95 Å². The summed E-state index contributed by atoms with van der Waals surface area (Å²) >= 11 is 0. The molecule has 6 heteroatoms. The highest BCUT2D eigenvalue weighted by molar-refractivity contribution is 5.70. The van der Waals surface area contributed by atoms with E-state index < -0.39 is 0 Å². The predicted octanol–water partition coefficient (Wildman–Crippen LogP) is 1.89. The molecule has 0 radical (unpaired) electrons. The van der Waals surface area contributed by atoms with Gasteiger partial charge in [0.1, 0.15) is 5.82 Å². The van der Waals surface area contributed by atoms with Gasteiger partial charge < -0.3 is 10.7 Å². The Morgan fingerprint density at radius 2 is 1.86 bits per heavy atom. The van der Waals surface area contributed by atoms with E-state index in [0.29, 0.717) is 11.2 Å². The quantitative estimate of drug-likeness (QED) is 0.684. The summed E-state index contributed by atoms with van der Waals surface area (Å²) in [5.41, 5.74) is 8.71. The first-order chi connectivity index (χ1) is 10.7. The Bertz CT molecular complexity index is 874. The Morgan fingerprint density at radius 3 is 2.59 bits per heavy atom. The molecule has 0 amide bonds. The maximum atomic E-state index is 11.7. The lowest BCUT2D eigenvalue weighted by atomic mass is 10.0. The molecule has 1 aliphatic rings. The third kappa shape index (κ3) is 2.47. The average molecular weight is 295 g/mol. The maximum absolute atomic E-state index is 11.7. The summed E-state index contributed by atoms with van der Waals surface area (Å²) in [5.74, 6) is 1.63. The van der Waals surface area contributed by atoms with Crippen molar-refractivity contribution in [2.24, 2.45) is 0 Å². The third-order valence-electron chi connectivity index (χ3n) is 4.11. The number of imidazole rings is 1. The van der Waals surface area contributed by atoms with Crippen molar-refractivity contribution in [2.75, 3.05) is 5.73 Å². The van der Waals surface area contributed by atoms with E-state index in [1.54, 1.807) is 0 Å². The Hall–Kier alpha value is -2.63. The lowest BCUT2D eigenvalue weighted by Gasteiger charge is -2.02. The molecule has 0 saturated heterocycles. The number of fused-ring (bicyclic) bond motifs is 1. The molecule has 2 aromatic heterocycles. The zero-order chi connectivity index (χ0) is 15.1. The van der Waals surface area contributed by atoms with Crippen LogP contribution < -0.4 is 11.3 Å². The molecule has 3 aromatic rings. The van der Waals surface area contributed by atoms with Gasteiger partial charge in [-0.1, -0.05) is 24.3 Å². The molecular formula is C16H17N5O. The molecule has 112 valence electrons. The standard InChI is InChI=1S/C16H17N5O/c17-16-20-14-13(15(22)21-16)18-12(19-14)8-3-9-1-4-10(5-2-9)11-6-7-11/h1-2,4-5,11H,3,6-8H2,(H4,17,18,19,20,21,22). The normalized spacial score (nSPS) is 14.5. The number of aromatic nitrogens is 4. The van der Waals surface area contributed by atoms with Crippen LogP contribution in [0.5, 0.6) is 0 Å². The number of rotatable bonds is 4. The van der Waals surface area contributed by atoms with Crippen molar-refractivity contribution in [3.8, 4) is 0 Å². The maximum Gasteiger partial charge on any atom is 0.278 e. The summed E-state index contributed by atoms with van der Waals surface area (Å²) in [6.45, 7) is 0. The minimum absolute atomic E-state index is 0.0891. The molecule has 22 heavy (non-hydrogen) atoms. The lowest BCUT2D eigenvalue weighted by molar-refractivity contribution is 0.887. The Kier molecular flexibility index (Phi) is 2.96. The van der Waals surface area contributed by atoms with Crippen molar-refractivity contribution >= 4 is 17.1 Å². The van der Waals surface area contributed by atoms with Crippen molar-refractivity contribution < 1.29 is 0 Å². The van der Waals surface area contributed by atoms with Crippen LogP contribution in [0.15, 0.2) is 29.1 Å². The monoisotopic (exact) mass is 295 g/mol. The molecule has 1 aliphatic carbocycles. The van der Waals surface area contributed by atoms with Gasteiger partial charge in [0.2, 0.25) is 5.95 Å². The summed E-state index contributed by atoms with van der Waals surface area (Å²) in [7, 11) is 0. The van der Waals surface area contributed by atoms with E-state index in [4.69, 9.17) is 5.73 Å². The third-order valence-corrected chi connectivity index (χ3v) is 4.11. The zero-order valence-corrected chi connectivity index (χ0v) is 12.1. The highest BCUT2D eigenvalue weighted by Crippen LogP contribution is 2.39. The van der Waals surface area contributed by atoms with E-state index in [9.17, 15) is 4.79 Å². The van der Waals surface area contributed by atoms with Gasteiger partial charge in [0.15, 0.2) is 11.2 Å². The Labute approximate surface area is 126 Å². The van der Waals surface area contributed by atoms with Gasteiger partial charge in [-0.25, -0.2) is 4.98 Å². The molecule has 1 aromatic carbocycles. The van der Waals surface area contributed by atoms with Crippen LogP contribution in [-0.2, 0) is 12.8 Å². The molecule has 4 rings (SSSR count). The van der Waals surface area contributed by atoms with Crippen molar-refractivity contribution in [3.05, 3.63) is 51.6 Å². The van der Waals surface area contributed by atoms with Gasteiger partial charge in [-0.2, -0.15) is 4.98 Å². The number of benzene rings is 1. The summed E-state index contributed by atoms with van der Waals surface area (Å²) in [6.07, 6.45) is 4.25. The van der Waals surface area contributed by atoms with Gasteiger partial charge >= 0.3 is 0 Å². The van der Waals surface area contributed by atoms with Crippen molar-refractivity contribution in [1.82, 2.24) is 19.9 Å². The SMILES string of the molecule is Nc1nc2nc(CCc3ccc(C4CC4)cc3)[nH]c2c(=O)[nH]1. The summed E-state index contributed by atoms with van der Waals surface area (Å²) in [5, 5.41) is 0. The Morgan fingerprint density at radius 1 is 1.09 bits per heavy atom. The fourth-order valence-corrected chi connectivity index (χ4v) is 2.73. The van der Waals surface area contributed by atoms with E-state index in [1.165, 1.54) is 24.0 Å². The molecule has 4 N–H and O–H groups in total. The number of anilines is 1. The van der Waals surface area contributed by atoms with E-state index in [2.05, 4.69) is 44.2 Å². The average Bonchev–Trinajstić information content (AvgIpc) is 3.26. The van der Waals surface area contributed by atoms with Crippen molar-refractivity contribution in [3.63, 3.8) is 0 Å². The molecule has 0 aliphatic heterocycles. The lowest BCUT2D eigenvalue weighted by Crippen LogP contribution is -2.10. The highest BCUT2D eigenvalue weighted by atomic mass is 16.1. The van der Waals surface area contributed by atoms with Crippen molar-refractivity contribution in [1.29, 1.82) is 0 Å². The zero-order valence-electron chi connectivity index (χ0n) is 12.1. The second kappa shape index (κ2) is 4.98. The molecule has 1 fully saturated rings. The second-order valence-electron chi connectivity index (χ2n) is 5.85. The van der Waals surface area contributed by atoms with Gasteiger partial charge in [0, 0.05) is 6.42 Å². The van der Waals surface area contributed by atoms with Crippen LogP contribution in [0.25, 0.3) is 11.2 Å². The predicted molar refractivity (Wildman–Crippen MR) is 84.7 cm³/mol. The van der Waals surface area contributed by atoms with E-state index in [1.807, 2.05) is 0 Å². The molecule has 0 unspecified atom stereocenters. The molecule has 6 nitrogen and oxygen atoms in total. The van der Waals surface area contributed by atoms with Gasteiger partial charge in [0.05, 0.1) is 0 Å². The smallest absolute Gasteiger partial charge is 0.278 e. The van der Waals surface area contributed by atoms with E-state index in [-0.39, 0.29) is 11.5 Å². The molecule has 2 heterocycles. The number of hydrogen-bond donors (Lipinski definition) is 3. The number of nitrogen functional groups attached to an aromatic ring is 1. The molecular weight excluding hydrogens is 278 g/mol. The number of aromatic amines is 2. The van der Waals surface area contributed by atoms with Crippen LogP contribution in [0.1, 0.15) is 35.7 Å². The number of aryl methyl sites for hydroxylation is 2. The van der Waals surface area contributed by atoms with Gasteiger partial charge in [-0.15, -0.1) is 0 Å². The summed E-state index contributed by atoms with van der Waals surface area (Å²) in [4.78, 5) is 25.6. The van der Waals surface area contributed by atoms with Crippen LogP contribution >= 0.6 is 0 Å². The second-order valence-corrected chi connectivity index (χ2v) is 5.85. The molecule has 0 atom stereocenters. The highest BCUT2D eigenvalue weighted by Gasteiger charge is 2.22. The van der Waals surface area contributed by atoms with Crippen molar-refractivity contribution in [2.45, 2.75) is 31.6 Å².